The van der Waals surface area contributed by atoms with Crippen LogP contribution in [-0.4, -0.2) is 25.2 Å². The number of aryl methyl sites for hydroxylation is 1. The van der Waals surface area contributed by atoms with E-state index in [2.05, 4.69) is 10.5 Å². The highest BCUT2D eigenvalue weighted by molar-refractivity contribution is 7.91. The summed E-state index contributed by atoms with van der Waals surface area (Å²) in [7, 11) is -3.25. The molecule has 3 rings (SSSR count). The smallest absolute Gasteiger partial charge is 0.277 e. The average molecular weight is 370 g/mol. The summed E-state index contributed by atoms with van der Waals surface area (Å²) >= 11 is 0. The molecule has 0 atom stereocenters. The van der Waals surface area contributed by atoms with Crippen LogP contribution in [0.25, 0.3) is 11.3 Å². The Balaban J connectivity index is 1.77. The molecule has 134 valence electrons. The summed E-state index contributed by atoms with van der Waals surface area (Å²) in [6.07, 6.45) is 0. The van der Waals surface area contributed by atoms with E-state index < -0.39 is 9.84 Å². The molecule has 0 fully saturated rings. The normalized spacial score (nSPS) is 11.3. The number of amides is 1. The first-order chi connectivity index (χ1) is 12.4. The van der Waals surface area contributed by atoms with Gasteiger partial charge in [-0.1, -0.05) is 29.8 Å². The van der Waals surface area contributed by atoms with Gasteiger partial charge in [-0.15, -0.1) is 0 Å². The summed E-state index contributed by atoms with van der Waals surface area (Å²) in [6.45, 7) is 3.56. The number of hydrogen-bond acceptors (Lipinski definition) is 5. The Morgan fingerprint density at radius 3 is 2.35 bits per heavy atom. The molecule has 0 spiro atoms. The second kappa shape index (κ2) is 7.13. The lowest BCUT2D eigenvalue weighted by atomic mass is 10.1. The van der Waals surface area contributed by atoms with Crippen LogP contribution in [0, 0.1) is 6.92 Å². The van der Waals surface area contributed by atoms with Crippen LogP contribution >= 0.6 is 0 Å². The van der Waals surface area contributed by atoms with Gasteiger partial charge in [0.15, 0.2) is 21.3 Å². The van der Waals surface area contributed by atoms with Gasteiger partial charge in [0.1, 0.15) is 0 Å². The van der Waals surface area contributed by atoms with Gasteiger partial charge in [0.2, 0.25) is 0 Å². The van der Waals surface area contributed by atoms with Gasteiger partial charge in [-0.05, 0) is 43.3 Å². The van der Waals surface area contributed by atoms with E-state index in [1.165, 1.54) is 18.2 Å². The first-order valence-corrected chi connectivity index (χ1v) is 9.72. The molecule has 26 heavy (non-hydrogen) atoms. The molecule has 1 amide bonds. The number of aromatic nitrogens is 1. The number of hydrogen-bond donors (Lipinski definition) is 1. The minimum Gasteiger partial charge on any atom is -0.355 e. The quantitative estimate of drug-likeness (QED) is 0.740. The van der Waals surface area contributed by atoms with Gasteiger partial charge in [-0.3, -0.25) is 4.79 Å². The van der Waals surface area contributed by atoms with Crippen molar-refractivity contribution < 1.29 is 17.7 Å². The van der Waals surface area contributed by atoms with Crippen molar-refractivity contribution >= 4 is 21.4 Å². The van der Waals surface area contributed by atoms with Gasteiger partial charge in [0.05, 0.1) is 10.6 Å². The predicted molar refractivity (Wildman–Crippen MR) is 98.8 cm³/mol. The van der Waals surface area contributed by atoms with Gasteiger partial charge in [-0.25, -0.2) is 8.42 Å². The number of sulfone groups is 1. The van der Waals surface area contributed by atoms with Crippen LogP contribution < -0.4 is 5.32 Å². The van der Waals surface area contributed by atoms with Crippen LogP contribution in [0.3, 0.4) is 0 Å². The van der Waals surface area contributed by atoms with Crippen LogP contribution in [-0.2, 0) is 9.84 Å². The largest absolute Gasteiger partial charge is 0.355 e. The number of carbonyl (C=O) groups is 1. The second-order valence-corrected chi connectivity index (χ2v) is 8.10. The topological polar surface area (TPSA) is 89.3 Å². The van der Waals surface area contributed by atoms with Crippen molar-refractivity contribution in [1.82, 2.24) is 5.16 Å². The molecule has 0 saturated heterocycles. The van der Waals surface area contributed by atoms with Crippen LogP contribution in [0.1, 0.15) is 23.0 Å². The van der Waals surface area contributed by atoms with E-state index in [0.29, 0.717) is 17.0 Å². The van der Waals surface area contributed by atoms with Gasteiger partial charge < -0.3 is 9.84 Å². The third-order valence-electron chi connectivity index (χ3n) is 3.93. The number of rotatable bonds is 5. The van der Waals surface area contributed by atoms with Crippen molar-refractivity contribution in [3.63, 3.8) is 0 Å². The average Bonchev–Trinajstić information content (AvgIpc) is 3.14. The molecule has 1 heterocycles. The monoisotopic (exact) mass is 370 g/mol. The Kier molecular flexibility index (Phi) is 4.90. The number of nitrogens with one attached hydrogen (secondary N) is 1. The van der Waals surface area contributed by atoms with Crippen molar-refractivity contribution in [3.8, 4) is 11.3 Å². The molecule has 7 heteroatoms. The van der Waals surface area contributed by atoms with Crippen molar-refractivity contribution in [1.29, 1.82) is 0 Å². The fourth-order valence-corrected chi connectivity index (χ4v) is 3.23. The van der Waals surface area contributed by atoms with E-state index in [9.17, 15) is 13.2 Å². The molecule has 0 aliphatic carbocycles. The van der Waals surface area contributed by atoms with Crippen molar-refractivity contribution in [2.75, 3.05) is 11.1 Å². The van der Waals surface area contributed by atoms with E-state index in [1.54, 1.807) is 31.2 Å². The van der Waals surface area contributed by atoms with Crippen molar-refractivity contribution in [3.05, 3.63) is 65.9 Å². The molecule has 0 unspecified atom stereocenters. The first kappa shape index (κ1) is 17.9. The zero-order valence-electron chi connectivity index (χ0n) is 14.4. The van der Waals surface area contributed by atoms with Crippen LogP contribution in [0.15, 0.2) is 64.0 Å². The fourth-order valence-electron chi connectivity index (χ4n) is 2.34. The SMILES string of the molecule is CCS(=O)(=O)c1ccc(-c2cc(C(=O)Nc3ccc(C)cc3)no2)cc1. The van der Waals surface area contributed by atoms with Crippen molar-refractivity contribution in [2.45, 2.75) is 18.7 Å². The van der Waals surface area contributed by atoms with Crippen LogP contribution in [0.5, 0.6) is 0 Å². The lowest BCUT2D eigenvalue weighted by Crippen LogP contribution is -2.11. The maximum absolute atomic E-state index is 12.3. The standard InChI is InChI=1S/C19H18N2O4S/c1-3-26(23,24)16-10-6-14(7-11-16)18-12-17(21-25-18)19(22)20-15-8-4-13(2)5-9-15/h4-12H,3H2,1-2H3,(H,20,22). The summed E-state index contributed by atoms with van der Waals surface area (Å²) in [5.41, 5.74) is 2.55. The van der Waals surface area contributed by atoms with E-state index in [1.807, 2.05) is 19.1 Å². The fraction of sp³-hybridized carbons (Fsp3) is 0.158. The van der Waals surface area contributed by atoms with Gasteiger partial charge >= 0.3 is 0 Å². The summed E-state index contributed by atoms with van der Waals surface area (Å²) in [5.74, 6) is 0.0476. The summed E-state index contributed by atoms with van der Waals surface area (Å²) in [4.78, 5) is 12.5. The lowest BCUT2D eigenvalue weighted by molar-refractivity contribution is 0.101. The van der Waals surface area contributed by atoms with Gasteiger partial charge in [0, 0.05) is 17.3 Å². The number of carbonyl (C=O) groups excluding carboxylic acids is 1. The molecule has 6 nitrogen and oxygen atoms in total. The minimum absolute atomic E-state index is 0.0397. The first-order valence-electron chi connectivity index (χ1n) is 8.07. The zero-order valence-corrected chi connectivity index (χ0v) is 15.2. The molecule has 0 saturated carbocycles. The molecule has 0 aliphatic rings. The third-order valence-corrected chi connectivity index (χ3v) is 5.68. The molecule has 1 aromatic heterocycles. The molecule has 0 aliphatic heterocycles. The Bertz CT molecular complexity index is 1020. The second-order valence-electron chi connectivity index (χ2n) is 5.82. The zero-order chi connectivity index (χ0) is 18.7. The van der Waals surface area contributed by atoms with E-state index in [4.69, 9.17) is 4.52 Å². The third kappa shape index (κ3) is 3.83. The number of nitrogens with zero attached hydrogens (tertiary/aromatic N) is 1. The Morgan fingerprint density at radius 1 is 1.08 bits per heavy atom. The highest BCUT2D eigenvalue weighted by atomic mass is 32.2. The summed E-state index contributed by atoms with van der Waals surface area (Å²) < 4.78 is 28.9. The lowest BCUT2D eigenvalue weighted by Gasteiger charge is -2.02. The Hall–Kier alpha value is -2.93. The maximum Gasteiger partial charge on any atom is 0.277 e. The number of anilines is 1. The maximum atomic E-state index is 12.3. The van der Waals surface area contributed by atoms with E-state index in [0.717, 1.165) is 5.56 Å². The summed E-state index contributed by atoms with van der Waals surface area (Å²) in [6, 6.07) is 15.2. The molecule has 0 radical (unpaired) electrons. The van der Waals surface area contributed by atoms with Crippen LogP contribution in [0.2, 0.25) is 0 Å². The molecular weight excluding hydrogens is 352 g/mol. The highest BCUT2D eigenvalue weighted by Gasteiger charge is 2.15. The summed E-state index contributed by atoms with van der Waals surface area (Å²) in [5, 5.41) is 6.53. The molecule has 3 aromatic rings. The van der Waals surface area contributed by atoms with E-state index in [-0.39, 0.29) is 22.2 Å². The van der Waals surface area contributed by atoms with Crippen molar-refractivity contribution in [2.24, 2.45) is 0 Å². The molecule has 2 aromatic carbocycles. The van der Waals surface area contributed by atoms with Gasteiger partial charge in [-0.2, -0.15) is 0 Å². The molecular formula is C19H18N2O4S. The number of benzene rings is 2. The van der Waals surface area contributed by atoms with Gasteiger partial charge in [0.25, 0.3) is 5.91 Å². The predicted octanol–water partition coefficient (Wildman–Crippen LogP) is 3.70. The van der Waals surface area contributed by atoms with Crippen LogP contribution in [0.4, 0.5) is 5.69 Å². The minimum atomic E-state index is -3.25. The Morgan fingerprint density at radius 2 is 1.73 bits per heavy atom. The molecule has 1 N–H and O–H groups in total. The molecule has 0 bridgehead atoms. The van der Waals surface area contributed by atoms with E-state index >= 15 is 0 Å². The Labute approximate surface area is 151 Å². The highest BCUT2D eigenvalue weighted by Crippen LogP contribution is 2.23.